The monoisotopic (exact) mass is 776 g/mol. The molecule has 1 rings (SSSR count). The molecule has 8 atom stereocenters. The zero-order valence-corrected chi connectivity index (χ0v) is 32.9. The molecule has 0 aromatic heterocycles. The van der Waals surface area contributed by atoms with Crippen molar-refractivity contribution in [1.82, 2.24) is 31.9 Å². The molecule has 55 heavy (non-hydrogen) atoms. The predicted molar refractivity (Wildman–Crippen MR) is 203 cm³/mol. The number of carboxylic acids is 1. The minimum absolute atomic E-state index is 0.00948. The summed E-state index contributed by atoms with van der Waals surface area (Å²) in [6, 6.07) is -2.54. The number of amides is 7. The van der Waals surface area contributed by atoms with E-state index in [0.29, 0.717) is 12.0 Å². The van der Waals surface area contributed by atoms with Crippen LogP contribution in [0.1, 0.15) is 86.6 Å². The van der Waals surface area contributed by atoms with Crippen LogP contribution in [0.2, 0.25) is 0 Å². The first-order valence-corrected chi connectivity index (χ1v) is 18.4. The number of rotatable bonds is 23. The zero-order chi connectivity index (χ0) is 42.2. The van der Waals surface area contributed by atoms with Gasteiger partial charge in [-0.25, -0.2) is 0 Å². The summed E-state index contributed by atoms with van der Waals surface area (Å²) in [7, 11) is 0. The third-order valence-electron chi connectivity index (χ3n) is 8.69. The lowest BCUT2D eigenvalue weighted by Gasteiger charge is -2.29. The van der Waals surface area contributed by atoms with Crippen LogP contribution >= 0.6 is 0 Å². The number of carboxylic acid groups (broad SMARTS) is 1. The summed E-state index contributed by atoms with van der Waals surface area (Å²) in [6.07, 6.45) is -0.0620. The third kappa shape index (κ3) is 17.2. The molecule has 1 aromatic rings. The van der Waals surface area contributed by atoms with Gasteiger partial charge in [0.1, 0.15) is 42.0 Å². The Balaban J connectivity index is 3.25. The summed E-state index contributed by atoms with van der Waals surface area (Å²) in [5, 5.41) is 34.2. The molecule has 0 radical (unpaired) electrons. The molecule has 0 spiro atoms. The Bertz CT molecular complexity index is 1500. The van der Waals surface area contributed by atoms with Crippen LogP contribution in [0.25, 0.3) is 0 Å². The van der Waals surface area contributed by atoms with Gasteiger partial charge >= 0.3 is 5.97 Å². The van der Waals surface area contributed by atoms with Crippen molar-refractivity contribution in [2.75, 3.05) is 0 Å². The van der Waals surface area contributed by atoms with Crippen molar-refractivity contribution >= 4 is 47.3 Å². The van der Waals surface area contributed by atoms with E-state index in [9.17, 15) is 48.6 Å². The number of carbonyl (C=O) groups is 8. The number of nitrogens with one attached hydrogen (secondary N) is 6. The Morgan fingerprint density at radius 2 is 1.09 bits per heavy atom. The second-order valence-electron chi connectivity index (χ2n) is 14.8. The van der Waals surface area contributed by atoms with Crippen LogP contribution in [0.15, 0.2) is 24.3 Å². The molecule has 308 valence electrons. The highest BCUT2D eigenvalue weighted by molar-refractivity contribution is 5.97. The molecule has 0 bridgehead atoms. The molecule has 0 fully saturated rings. The minimum atomic E-state index is -1.54. The molecule has 1 aromatic carbocycles. The van der Waals surface area contributed by atoms with Crippen LogP contribution in [0, 0.1) is 17.8 Å². The smallest absolute Gasteiger partial charge is 0.305 e. The Morgan fingerprint density at radius 1 is 0.618 bits per heavy atom. The van der Waals surface area contributed by atoms with Gasteiger partial charge in [-0.3, -0.25) is 38.4 Å². The van der Waals surface area contributed by atoms with Gasteiger partial charge in [-0.05, 0) is 62.1 Å². The van der Waals surface area contributed by atoms with Crippen LogP contribution in [-0.4, -0.2) is 99.8 Å². The van der Waals surface area contributed by atoms with Crippen molar-refractivity contribution in [3.63, 3.8) is 0 Å². The lowest BCUT2D eigenvalue weighted by molar-refractivity contribution is -0.141. The first-order valence-electron chi connectivity index (χ1n) is 18.4. The predicted octanol–water partition coefficient (Wildman–Crippen LogP) is -0.691. The molecule has 0 saturated carbocycles. The molecule has 0 aliphatic rings. The number of aliphatic carboxylic acids is 1. The highest BCUT2D eigenvalue weighted by Crippen LogP contribution is 2.14. The van der Waals surface area contributed by atoms with Crippen LogP contribution in [-0.2, 0) is 44.8 Å². The van der Waals surface area contributed by atoms with Crippen LogP contribution in [0.4, 0.5) is 0 Å². The van der Waals surface area contributed by atoms with Gasteiger partial charge in [0.25, 0.3) is 0 Å². The molecule has 12 N–H and O–H groups in total. The van der Waals surface area contributed by atoms with E-state index in [0.717, 1.165) is 0 Å². The topological polar surface area (TPSA) is 301 Å². The maximum Gasteiger partial charge on any atom is 0.305 e. The van der Waals surface area contributed by atoms with Crippen molar-refractivity contribution in [2.24, 2.45) is 29.2 Å². The van der Waals surface area contributed by atoms with Gasteiger partial charge in [0.05, 0.1) is 12.5 Å². The van der Waals surface area contributed by atoms with Gasteiger partial charge in [-0.1, -0.05) is 60.1 Å². The molecule has 18 nitrogen and oxygen atoms in total. The molecular weight excluding hydrogens is 716 g/mol. The summed E-state index contributed by atoms with van der Waals surface area (Å²) in [5.74, 6) is -7.42. The van der Waals surface area contributed by atoms with E-state index in [1.807, 2.05) is 13.8 Å². The van der Waals surface area contributed by atoms with Gasteiger partial charge < -0.3 is 53.6 Å². The number of phenolic OH excluding ortho intramolecular Hbond substituents is 1. The number of carbonyl (C=O) groups excluding carboxylic acids is 7. The average Bonchev–Trinajstić information content (AvgIpc) is 3.08. The van der Waals surface area contributed by atoms with E-state index in [-0.39, 0.29) is 36.8 Å². The summed E-state index contributed by atoms with van der Waals surface area (Å²) in [5.41, 5.74) is 11.7. The largest absolute Gasteiger partial charge is 0.508 e. The Hall–Kier alpha value is -5.26. The fourth-order valence-corrected chi connectivity index (χ4v) is 5.35. The molecule has 7 amide bonds. The summed E-state index contributed by atoms with van der Waals surface area (Å²) in [4.78, 5) is 103. The van der Waals surface area contributed by atoms with Gasteiger partial charge in [0, 0.05) is 6.42 Å². The molecule has 0 aliphatic heterocycles. The first-order chi connectivity index (χ1) is 25.5. The normalized spacial score (nSPS) is 15.5. The molecule has 0 aliphatic carbocycles. The average molecular weight is 777 g/mol. The molecule has 8 unspecified atom stereocenters. The highest BCUT2D eigenvalue weighted by atomic mass is 16.4. The fourth-order valence-electron chi connectivity index (χ4n) is 5.35. The van der Waals surface area contributed by atoms with Crippen LogP contribution in [0.5, 0.6) is 5.75 Å². The van der Waals surface area contributed by atoms with Gasteiger partial charge in [0.15, 0.2) is 0 Å². The Morgan fingerprint density at radius 3 is 1.58 bits per heavy atom. The minimum Gasteiger partial charge on any atom is -0.508 e. The van der Waals surface area contributed by atoms with Crippen molar-refractivity contribution < 1.29 is 48.6 Å². The maximum absolute atomic E-state index is 13.7. The standard InChI is InChI=1S/C37H60N8O10/c1-9-20(6)30(45-36(54)26(15-19(4)5)44-35(53)28(17-29(47)48)42-32(50)21(7)38)37(55)40-22(8)33(51)43-27(16-23-10-12-24(46)13-11-23)34(52)41-25(31(39)49)14-18(2)3/h10-13,18-22,25-28,30,46H,9,14-17,38H2,1-8H3,(H2,39,49)(H,40,55)(H,41,52)(H,42,50)(H,43,51)(H,44,53)(H,45,54)(H,47,48). The zero-order valence-electron chi connectivity index (χ0n) is 32.9. The summed E-state index contributed by atoms with van der Waals surface area (Å²) < 4.78 is 0. The number of phenols is 1. The van der Waals surface area contributed by atoms with E-state index < -0.39 is 102 Å². The SMILES string of the molecule is CCC(C)C(NC(=O)C(CC(C)C)NC(=O)C(CC(=O)O)NC(=O)C(C)N)C(=O)NC(C)C(=O)NC(Cc1ccc(O)cc1)C(=O)NC(CC(C)C)C(N)=O. The molecule has 18 heteroatoms. The van der Waals surface area contributed by atoms with E-state index in [1.165, 1.54) is 26.0 Å². The van der Waals surface area contributed by atoms with Crippen molar-refractivity contribution in [3.8, 4) is 5.75 Å². The second-order valence-corrected chi connectivity index (χ2v) is 14.8. The van der Waals surface area contributed by atoms with Gasteiger partial charge in [-0.15, -0.1) is 0 Å². The molecule has 0 heterocycles. The van der Waals surface area contributed by atoms with Crippen molar-refractivity contribution in [3.05, 3.63) is 29.8 Å². The van der Waals surface area contributed by atoms with Crippen molar-refractivity contribution in [1.29, 1.82) is 0 Å². The lowest BCUT2D eigenvalue weighted by Crippen LogP contribution is -2.60. The van der Waals surface area contributed by atoms with E-state index in [1.54, 1.807) is 39.8 Å². The molecule has 0 saturated heterocycles. The Labute approximate surface area is 322 Å². The summed E-state index contributed by atoms with van der Waals surface area (Å²) in [6.45, 7) is 13.5. The number of hydrogen-bond acceptors (Lipinski definition) is 10. The third-order valence-corrected chi connectivity index (χ3v) is 8.69. The lowest BCUT2D eigenvalue weighted by atomic mass is 9.96. The Kier molecular flexibility index (Phi) is 19.8. The number of primary amides is 1. The highest BCUT2D eigenvalue weighted by Gasteiger charge is 2.35. The second kappa shape index (κ2) is 22.8. The van der Waals surface area contributed by atoms with Gasteiger partial charge in [-0.2, -0.15) is 0 Å². The van der Waals surface area contributed by atoms with E-state index in [2.05, 4.69) is 31.9 Å². The number of hydrogen-bond donors (Lipinski definition) is 10. The molecular formula is C37H60N8O10. The fraction of sp³-hybridized carbons (Fsp3) is 0.622. The van der Waals surface area contributed by atoms with Crippen molar-refractivity contribution in [2.45, 2.75) is 130 Å². The number of nitrogens with two attached hydrogens (primary N) is 2. The van der Waals surface area contributed by atoms with Crippen LogP contribution in [0.3, 0.4) is 0 Å². The first kappa shape index (κ1) is 47.8. The maximum atomic E-state index is 13.7. The quantitative estimate of drug-likeness (QED) is 0.0663. The van der Waals surface area contributed by atoms with E-state index >= 15 is 0 Å². The van der Waals surface area contributed by atoms with E-state index in [4.69, 9.17) is 11.5 Å². The summed E-state index contributed by atoms with van der Waals surface area (Å²) >= 11 is 0. The number of benzene rings is 1. The van der Waals surface area contributed by atoms with Crippen LogP contribution < -0.4 is 43.4 Å². The number of aromatic hydroxyl groups is 1. The van der Waals surface area contributed by atoms with Gasteiger partial charge in [0.2, 0.25) is 41.4 Å².